The zero-order valence-electron chi connectivity index (χ0n) is 5.03. The molecule has 0 N–H and O–H groups in total. The molecule has 3 heteroatoms. The highest BCUT2D eigenvalue weighted by Gasteiger charge is 1.94. The van der Waals surface area contributed by atoms with Crippen molar-refractivity contribution in [3.8, 4) is 0 Å². The van der Waals surface area contributed by atoms with Crippen LogP contribution in [0.1, 0.15) is 5.56 Å². The van der Waals surface area contributed by atoms with Crippen LogP contribution in [-0.2, 0) is 0 Å². The first kappa shape index (κ1) is 4.99. The minimum absolute atomic E-state index is 1.22. The number of hydrogen-bond donors (Lipinski definition) is 0. The highest BCUT2D eigenvalue weighted by Crippen LogP contribution is 2.11. The molecule has 2 rings (SSSR count). The normalized spacial score (nSPS) is 10.8. The molecule has 46 valence electrons. The van der Waals surface area contributed by atoms with E-state index >= 15 is 0 Å². The Morgan fingerprint density at radius 3 is 3.33 bits per heavy atom. The van der Waals surface area contributed by atoms with Gasteiger partial charge in [-0.15, -0.1) is 11.3 Å². The van der Waals surface area contributed by atoms with Crippen molar-refractivity contribution < 1.29 is 0 Å². The monoisotopic (exact) mass is 138 g/mol. The Balaban J connectivity index is 2.92. The molecule has 0 amide bonds. The van der Waals surface area contributed by atoms with Gasteiger partial charge in [-0.2, -0.15) is 5.10 Å². The van der Waals surface area contributed by atoms with Crippen molar-refractivity contribution >= 4 is 16.2 Å². The van der Waals surface area contributed by atoms with E-state index in [0.717, 1.165) is 0 Å². The average Bonchev–Trinajstić information content (AvgIpc) is 2.22. The molecule has 2 aromatic heterocycles. The van der Waals surface area contributed by atoms with E-state index in [1.54, 1.807) is 11.3 Å². The quantitative estimate of drug-likeness (QED) is 0.541. The van der Waals surface area contributed by atoms with Gasteiger partial charge in [-0.1, -0.05) is 0 Å². The van der Waals surface area contributed by atoms with Gasteiger partial charge in [0.15, 0.2) is 0 Å². The smallest absolute Gasteiger partial charge is 0.119 e. The van der Waals surface area contributed by atoms with Crippen molar-refractivity contribution in [2.24, 2.45) is 0 Å². The van der Waals surface area contributed by atoms with Gasteiger partial charge in [0.25, 0.3) is 0 Å². The summed E-state index contributed by atoms with van der Waals surface area (Å²) < 4.78 is 1.89. The molecule has 2 aromatic rings. The van der Waals surface area contributed by atoms with Crippen LogP contribution in [0.2, 0.25) is 0 Å². The molecule has 2 nitrogen and oxygen atoms in total. The lowest BCUT2D eigenvalue weighted by atomic mass is 10.4. The highest BCUT2D eigenvalue weighted by molar-refractivity contribution is 7.15. The SMILES string of the molecule is Cc1cc2scnn2c1. The Kier molecular flexibility index (Phi) is 0.873. The fourth-order valence-electron chi connectivity index (χ4n) is 0.861. The summed E-state index contributed by atoms with van der Waals surface area (Å²) in [6.07, 6.45) is 2.02. The van der Waals surface area contributed by atoms with Gasteiger partial charge >= 0.3 is 0 Å². The Bertz CT molecular complexity index is 292. The van der Waals surface area contributed by atoms with Crippen LogP contribution in [0, 0.1) is 6.92 Å². The molecule has 0 spiro atoms. The summed E-state index contributed by atoms with van der Waals surface area (Å²) in [6.45, 7) is 2.07. The van der Waals surface area contributed by atoms with Gasteiger partial charge in [-0.3, -0.25) is 0 Å². The van der Waals surface area contributed by atoms with E-state index in [9.17, 15) is 0 Å². The van der Waals surface area contributed by atoms with E-state index in [0.29, 0.717) is 0 Å². The summed E-state index contributed by atoms with van der Waals surface area (Å²) in [5.74, 6) is 0. The van der Waals surface area contributed by atoms with Crippen molar-refractivity contribution in [1.29, 1.82) is 0 Å². The maximum Gasteiger partial charge on any atom is 0.119 e. The molecule has 9 heavy (non-hydrogen) atoms. The van der Waals surface area contributed by atoms with Crippen molar-refractivity contribution in [2.45, 2.75) is 6.92 Å². The first-order chi connectivity index (χ1) is 4.36. The van der Waals surface area contributed by atoms with E-state index in [4.69, 9.17) is 0 Å². The molecule has 0 unspecified atom stereocenters. The van der Waals surface area contributed by atoms with Gasteiger partial charge in [-0.05, 0) is 18.6 Å². The molecule has 0 saturated heterocycles. The first-order valence-electron chi connectivity index (χ1n) is 2.75. The number of hydrogen-bond acceptors (Lipinski definition) is 2. The topological polar surface area (TPSA) is 17.3 Å². The van der Waals surface area contributed by atoms with E-state index in [1.807, 2.05) is 16.2 Å². The van der Waals surface area contributed by atoms with Gasteiger partial charge in [0.05, 0.1) is 0 Å². The molecule has 0 fully saturated rings. The number of aryl methyl sites for hydroxylation is 1. The zero-order chi connectivity index (χ0) is 6.27. The van der Waals surface area contributed by atoms with E-state index in [1.165, 1.54) is 10.4 Å². The van der Waals surface area contributed by atoms with Gasteiger partial charge in [0.1, 0.15) is 10.3 Å². The number of fused-ring (bicyclic) bond motifs is 1. The lowest BCUT2D eigenvalue weighted by Crippen LogP contribution is -1.75. The molecule has 0 aliphatic rings. The molecular formula is C6H6N2S. The highest BCUT2D eigenvalue weighted by atomic mass is 32.1. The van der Waals surface area contributed by atoms with Crippen LogP contribution in [0.5, 0.6) is 0 Å². The van der Waals surface area contributed by atoms with Gasteiger partial charge in [0, 0.05) is 6.20 Å². The Morgan fingerprint density at radius 1 is 1.67 bits per heavy atom. The fraction of sp³-hybridized carbons (Fsp3) is 0.167. The zero-order valence-corrected chi connectivity index (χ0v) is 5.85. The Morgan fingerprint density at radius 2 is 2.56 bits per heavy atom. The third-order valence-corrected chi connectivity index (χ3v) is 1.99. The summed E-state index contributed by atoms with van der Waals surface area (Å²) in [4.78, 5) is 1.22. The lowest BCUT2D eigenvalue weighted by Gasteiger charge is -1.73. The second-order valence-electron chi connectivity index (χ2n) is 2.04. The van der Waals surface area contributed by atoms with Crippen molar-refractivity contribution in [3.63, 3.8) is 0 Å². The maximum absolute atomic E-state index is 4.07. The van der Waals surface area contributed by atoms with Crippen LogP contribution in [0.4, 0.5) is 0 Å². The first-order valence-corrected chi connectivity index (χ1v) is 3.63. The van der Waals surface area contributed by atoms with Crippen molar-refractivity contribution in [3.05, 3.63) is 23.3 Å². The van der Waals surface area contributed by atoms with Crippen LogP contribution in [-0.4, -0.2) is 9.61 Å². The van der Waals surface area contributed by atoms with E-state index < -0.39 is 0 Å². The molecule has 0 atom stereocenters. The summed E-state index contributed by atoms with van der Waals surface area (Å²) >= 11 is 1.66. The molecular weight excluding hydrogens is 132 g/mol. The molecule has 0 bridgehead atoms. The Hall–Kier alpha value is -0.830. The van der Waals surface area contributed by atoms with Crippen LogP contribution in [0.25, 0.3) is 4.83 Å². The second-order valence-corrected chi connectivity index (χ2v) is 2.90. The summed E-state index contributed by atoms with van der Waals surface area (Å²) in [7, 11) is 0. The summed E-state index contributed by atoms with van der Waals surface area (Å²) in [6, 6.07) is 2.12. The summed E-state index contributed by atoms with van der Waals surface area (Å²) in [5.41, 5.74) is 3.11. The second kappa shape index (κ2) is 1.57. The fourth-order valence-corrected chi connectivity index (χ4v) is 1.58. The largest absolute Gasteiger partial charge is 0.230 e. The predicted molar refractivity (Wildman–Crippen MR) is 37.8 cm³/mol. The molecule has 0 radical (unpaired) electrons. The predicted octanol–water partition coefficient (Wildman–Crippen LogP) is 1.70. The molecule has 0 aromatic carbocycles. The van der Waals surface area contributed by atoms with Gasteiger partial charge < -0.3 is 0 Å². The number of aromatic nitrogens is 2. The Labute approximate surface area is 56.7 Å². The maximum atomic E-state index is 4.07. The van der Waals surface area contributed by atoms with Crippen LogP contribution in [0.15, 0.2) is 17.8 Å². The number of nitrogens with zero attached hydrogens (tertiary/aromatic N) is 2. The number of rotatable bonds is 0. The van der Waals surface area contributed by atoms with Gasteiger partial charge in [0.2, 0.25) is 0 Å². The van der Waals surface area contributed by atoms with E-state index in [2.05, 4.69) is 18.1 Å². The molecule has 0 saturated carbocycles. The van der Waals surface area contributed by atoms with Gasteiger partial charge in [-0.25, -0.2) is 4.52 Å². The standard InChI is InChI=1S/C6H6N2S/c1-5-2-6-8(3-5)7-4-9-6/h2-4H,1H3. The van der Waals surface area contributed by atoms with Crippen molar-refractivity contribution in [2.75, 3.05) is 0 Å². The lowest BCUT2D eigenvalue weighted by molar-refractivity contribution is 0.972. The van der Waals surface area contributed by atoms with Crippen molar-refractivity contribution in [1.82, 2.24) is 9.61 Å². The average molecular weight is 138 g/mol. The minimum Gasteiger partial charge on any atom is -0.230 e. The third kappa shape index (κ3) is 0.650. The van der Waals surface area contributed by atoms with Crippen LogP contribution in [0.3, 0.4) is 0 Å². The van der Waals surface area contributed by atoms with Crippen LogP contribution < -0.4 is 0 Å². The van der Waals surface area contributed by atoms with E-state index in [-0.39, 0.29) is 0 Å². The molecule has 0 aliphatic heterocycles. The molecule has 0 aliphatic carbocycles. The summed E-state index contributed by atoms with van der Waals surface area (Å²) in [5, 5.41) is 4.07. The van der Waals surface area contributed by atoms with Crippen LogP contribution >= 0.6 is 11.3 Å². The molecule has 2 heterocycles. The minimum atomic E-state index is 1.22. The third-order valence-electron chi connectivity index (χ3n) is 1.25.